The van der Waals surface area contributed by atoms with Crippen molar-refractivity contribution in [3.8, 4) is 0 Å². The fourth-order valence-electron chi connectivity index (χ4n) is 1.57. The average molecular weight is 285 g/mol. The van der Waals surface area contributed by atoms with Crippen molar-refractivity contribution >= 4 is 29.2 Å². The fraction of sp³-hybridized carbons (Fsp3) is 0.900. The van der Waals surface area contributed by atoms with Gasteiger partial charge in [0.15, 0.2) is 0 Å². The van der Waals surface area contributed by atoms with Gasteiger partial charge >= 0.3 is 19.5 Å². The van der Waals surface area contributed by atoms with Crippen LogP contribution < -0.4 is 5.32 Å². The first-order chi connectivity index (χ1) is 5.81. The van der Waals surface area contributed by atoms with Crippen LogP contribution in [0.4, 0.5) is 0 Å². The zero-order chi connectivity index (χ0) is 10.5. The van der Waals surface area contributed by atoms with Gasteiger partial charge in [-0.2, -0.15) is 0 Å². The summed E-state index contributed by atoms with van der Waals surface area (Å²) in [6.07, 6.45) is 2.42. The number of thiocarbonyl (C=S) groups is 1. The van der Waals surface area contributed by atoms with E-state index in [1.165, 1.54) is 6.42 Å². The SMILES string of the molecule is CC(CCNC(=S)S)CC(C)(C)C.[Zn+2]. The molecule has 0 saturated heterocycles. The molecule has 1 atom stereocenters. The molecule has 78 valence electrons. The summed E-state index contributed by atoms with van der Waals surface area (Å²) in [7, 11) is 0. The second kappa shape index (κ2) is 8.07. The Balaban J connectivity index is 0. The molecular weight excluding hydrogens is 264 g/mol. The normalized spacial score (nSPS) is 12.9. The molecule has 4 heteroatoms. The van der Waals surface area contributed by atoms with Crippen LogP contribution in [0.5, 0.6) is 0 Å². The van der Waals surface area contributed by atoms with Crippen LogP contribution in [0.2, 0.25) is 0 Å². The molecule has 0 amide bonds. The molecule has 0 fully saturated rings. The summed E-state index contributed by atoms with van der Waals surface area (Å²) in [6.45, 7) is 10.1. The third kappa shape index (κ3) is 12.9. The Kier molecular flexibility index (Phi) is 9.95. The second-order valence-corrected chi connectivity index (χ2v) is 6.05. The third-order valence-electron chi connectivity index (χ3n) is 1.87. The summed E-state index contributed by atoms with van der Waals surface area (Å²) in [6, 6.07) is 0. The first kappa shape index (κ1) is 17.3. The summed E-state index contributed by atoms with van der Waals surface area (Å²) < 4.78 is 0.600. The summed E-state index contributed by atoms with van der Waals surface area (Å²) in [5.41, 5.74) is 0.431. The van der Waals surface area contributed by atoms with Crippen molar-refractivity contribution < 1.29 is 19.5 Å². The molecule has 0 spiro atoms. The maximum Gasteiger partial charge on any atom is 2.00 e. The zero-order valence-electron chi connectivity index (χ0n) is 9.76. The molecular formula is C10H21NS2Zn+2. The molecule has 0 aromatic carbocycles. The van der Waals surface area contributed by atoms with Crippen LogP contribution in [-0.2, 0) is 19.5 Å². The molecule has 0 saturated carbocycles. The van der Waals surface area contributed by atoms with Gasteiger partial charge in [-0.25, -0.2) is 0 Å². The van der Waals surface area contributed by atoms with E-state index in [4.69, 9.17) is 12.2 Å². The molecule has 1 nitrogen and oxygen atoms in total. The molecule has 14 heavy (non-hydrogen) atoms. The molecule has 0 aromatic rings. The van der Waals surface area contributed by atoms with Gasteiger partial charge in [0.2, 0.25) is 0 Å². The molecule has 0 aliphatic heterocycles. The first-order valence-corrected chi connectivity index (χ1v) is 5.63. The average Bonchev–Trinajstić information content (AvgIpc) is 1.81. The molecule has 0 bridgehead atoms. The number of thiol groups is 1. The molecule has 0 aliphatic rings. The summed E-state index contributed by atoms with van der Waals surface area (Å²) in [5.74, 6) is 0.746. The van der Waals surface area contributed by atoms with E-state index < -0.39 is 0 Å². The molecule has 0 aromatic heterocycles. The van der Waals surface area contributed by atoms with E-state index in [0.717, 1.165) is 18.9 Å². The van der Waals surface area contributed by atoms with Crippen LogP contribution in [-0.4, -0.2) is 10.9 Å². The molecule has 1 unspecified atom stereocenters. The minimum atomic E-state index is 0. The van der Waals surface area contributed by atoms with Crippen LogP contribution >= 0.6 is 24.8 Å². The third-order valence-corrected chi connectivity index (χ3v) is 2.18. The van der Waals surface area contributed by atoms with Crippen LogP contribution in [0.3, 0.4) is 0 Å². The zero-order valence-corrected chi connectivity index (χ0v) is 14.4. The predicted octanol–water partition coefficient (Wildman–Crippen LogP) is 3.25. The standard InChI is InChI=1S/C10H21NS2.Zn/c1-8(7-10(2,3)4)5-6-11-9(12)13;/h8H,5-7H2,1-4H3,(H2,11,12,13);/q;+2. The van der Waals surface area contributed by atoms with Crippen LogP contribution in [0.25, 0.3) is 0 Å². The minimum absolute atomic E-state index is 0. The van der Waals surface area contributed by atoms with E-state index in [9.17, 15) is 0 Å². The molecule has 0 radical (unpaired) electrons. The maximum absolute atomic E-state index is 4.81. The maximum atomic E-state index is 4.81. The monoisotopic (exact) mass is 283 g/mol. The van der Waals surface area contributed by atoms with Gasteiger partial charge in [0.05, 0.1) is 0 Å². The van der Waals surface area contributed by atoms with E-state index in [2.05, 4.69) is 45.6 Å². The molecule has 0 rings (SSSR count). The van der Waals surface area contributed by atoms with Crippen LogP contribution in [0.15, 0.2) is 0 Å². The Labute approximate surface area is 112 Å². The Morgan fingerprint density at radius 2 is 1.93 bits per heavy atom. The molecule has 1 N–H and O–H groups in total. The number of rotatable bonds is 4. The Morgan fingerprint density at radius 3 is 2.29 bits per heavy atom. The van der Waals surface area contributed by atoms with Crippen molar-refractivity contribution in [2.45, 2.75) is 40.5 Å². The van der Waals surface area contributed by atoms with E-state index in [-0.39, 0.29) is 19.5 Å². The van der Waals surface area contributed by atoms with Gasteiger partial charge in [-0.15, -0.1) is 12.6 Å². The largest absolute Gasteiger partial charge is 2.00 e. The summed E-state index contributed by atoms with van der Waals surface area (Å²) in [5, 5.41) is 3.06. The van der Waals surface area contributed by atoms with E-state index in [1.807, 2.05) is 0 Å². The van der Waals surface area contributed by atoms with Crippen molar-refractivity contribution in [1.29, 1.82) is 0 Å². The van der Waals surface area contributed by atoms with E-state index >= 15 is 0 Å². The van der Waals surface area contributed by atoms with Gasteiger partial charge < -0.3 is 5.32 Å². The van der Waals surface area contributed by atoms with Gasteiger partial charge in [0, 0.05) is 6.54 Å². The van der Waals surface area contributed by atoms with Crippen LogP contribution in [0, 0.1) is 11.3 Å². The quantitative estimate of drug-likeness (QED) is 0.467. The smallest absolute Gasteiger partial charge is 0.371 e. The number of hydrogen-bond donors (Lipinski definition) is 2. The Hall–Kier alpha value is 0.863. The van der Waals surface area contributed by atoms with Gasteiger partial charge in [-0.3, -0.25) is 0 Å². The van der Waals surface area contributed by atoms with Crippen molar-refractivity contribution in [2.75, 3.05) is 6.54 Å². The molecule has 0 heterocycles. The van der Waals surface area contributed by atoms with Crippen molar-refractivity contribution in [3.63, 3.8) is 0 Å². The number of nitrogens with one attached hydrogen (secondary N) is 1. The first-order valence-electron chi connectivity index (χ1n) is 4.78. The molecule has 0 aliphatic carbocycles. The Bertz CT molecular complexity index is 166. The van der Waals surface area contributed by atoms with Gasteiger partial charge in [0.25, 0.3) is 0 Å². The van der Waals surface area contributed by atoms with Crippen molar-refractivity contribution in [2.24, 2.45) is 11.3 Å². The van der Waals surface area contributed by atoms with E-state index in [1.54, 1.807) is 0 Å². The minimum Gasteiger partial charge on any atom is -0.371 e. The van der Waals surface area contributed by atoms with Gasteiger partial charge in [0.1, 0.15) is 4.32 Å². The number of hydrogen-bond acceptors (Lipinski definition) is 1. The second-order valence-electron chi connectivity index (χ2n) is 4.89. The fourth-order valence-corrected chi connectivity index (χ4v) is 1.79. The summed E-state index contributed by atoms with van der Waals surface area (Å²) in [4.78, 5) is 0. The topological polar surface area (TPSA) is 12.0 Å². The van der Waals surface area contributed by atoms with Gasteiger partial charge in [-0.05, 0) is 24.2 Å². The van der Waals surface area contributed by atoms with Crippen LogP contribution in [0.1, 0.15) is 40.5 Å². The van der Waals surface area contributed by atoms with E-state index in [0.29, 0.717) is 9.74 Å². The summed E-state index contributed by atoms with van der Waals surface area (Å²) >= 11 is 8.82. The van der Waals surface area contributed by atoms with Crippen molar-refractivity contribution in [1.82, 2.24) is 5.32 Å². The van der Waals surface area contributed by atoms with Crippen molar-refractivity contribution in [3.05, 3.63) is 0 Å². The Morgan fingerprint density at radius 1 is 1.43 bits per heavy atom. The van der Waals surface area contributed by atoms with Gasteiger partial charge in [-0.1, -0.05) is 39.9 Å². The predicted molar refractivity (Wildman–Crippen MR) is 67.4 cm³/mol.